The molecule has 2 heterocycles. The second kappa shape index (κ2) is 5.82. The van der Waals surface area contributed by atoms with E-state index in [4.69, 9.17) is 11.6 Å². The van der Waals surface area contributed by atoms with E-state index >= 15 is 0 Å². The maximum atomic E-state index is 12.5. The van der Waals surface area contributed by atoms with Crippen LogP contribution in [0.5, 0.6) is 5.88 Å². The van der Waals surface area contributed by atoms with E-state index < -0.39 is 23.0 Å². The summed E-state index contributed by atoms with van der Waals surface area (Å²) < 4.78 is 0. The highest BCUT2D eigenvalue weighted by atomic mass is 35.5. The Labute approximate surface area is 139 Å². The molecule has 0 fully saturated rings. The Morgan fingerprint density at radius 2 is 1.83 bits per heavy atom. The molecular weight excluding hydrogens is 336 g/mol. The first-order chi connectivity index (χ1) is 11.4. The third kappa shape index (κ3) is 2.74. The molecule has 0 radical (unpaired) electrons. The van der Waals surface area contributed by atoms with Crippen LogP contribution >= 0.6 is 11.6 Å². The van der Waals surface area contributed by atoms with Gasteiger partial charge in [-0.3, -0.25) is 19.6 Å². The third-order valence-electron chi connectivity index (χ3n) is 3.38. The van der Waals surface area contributed by atoms with E-state index in [2.05, 4.69) is 10.1 Å². The lowest BCUT2D eigenvalue weighted by atomic mass is 10.1. The van der Waals surface area contributed by atoms with Crippen molar-refractivity contribution in [2.24, 2.45) is 5.10 Å². The van der Waals surface area contributed by atoms with Crippen molar-refractivity contribution in [2.45, 2.75) is 6.92 Å². The molecule has 1 aromatic heterocycles. The van der Waals surface area contributed by atoms with Crippen LogP contribution in [0.3, 0.4) is 0 Å². The van der Waals surface area contributed by atoms with Crippen molar-refractivity contribution in [3.05, 3.63) is 61.3 Å². The van der Waals surface area contributed by atoms with Crippen molar-refractivity contribution < 1.29 is 9.90 Å². The van der Waals surface area contributed by atoms with Gasteiger partial charge in [0.05, 0.1) is 17.0 Å². The van der Waals surface area contributed by atoms with Crippen molar-refractivity contribution in [1.29, 1.82) is 0 Å². The second-order valence-electron chi connectivity index (χ2n) is 5.01. The number of nitrogens with one attached hydrogen (secondary N) is 2. The maximum absolute atomic E-state index is 12.5. The predicted molar refractivity (Wildman–Crippen MR) is 89.4 cm³/mol. The summed E-state index contributed by atoms with van der Waals surface area (Å²) in [4.78, 5) is 39.5. The minimum absolute atomic E-state index is 0.123. The normalized spacial score (nSPS) is 15.9. The van der Waals surface area contributed by atoms with Crippen molar-refractivity contribution in [3.63, 3.8) is 0 Å². The van der Waals surface area contributed by atoms with Crippen LogP contribution in [0.1, 0.15) is 12.5 Å². The number of aromatic hydroxyl groups is 1. The summed E-state index contributed by atoms with van der Waals surface area (Å²) in [6, 6.07) is 6.50. The molecule has 1 aliphatic heterocycles. The minimum atomic E-state index is -0.842. The molecule has 0 saturated heterocycles. The highest BCUT2D eigenvalue weighted by Gasteiger charge is 2.29. The SMILES string of the molecule is CC1=NN(c2ccc(Cl)cc2)C(=O)/C1=C/c1c(O)[nH]c(=O)[nH]c1=O. The van der Waals surface area contributed by atoms with E-state index in [0.717, 1.165) is 5.01 Å². The zero-order chi connectivity index (χ0) is 17.4. The topological polar surface area (TPSA) is 119 Å². The number of benzene rings is 1. The quantitative estimate of drug-likeness (QED) is 0.708. The maximum Gasteiger partial charge on any atom is 0.328 e. The minimum Gasteiger partial charge on any atom is -0.494 e. The first-order valence-electron chi connectivity index (χ1n) is 6.79. The molecule has 0 bridgehead atoms. The molecule has 8 nitrogen and oxygen atoms in total. The van der Waals surface area contributed by atoms with Crippen molar-refractivity contribution in [1.82, 2.24) is 9.97 Å². The van der Waals surface area contributed by atoms with E-state index in [9.17, 15) is 19.5 Å². The van der Waals surface area contributed by atoms with Gasteiger partial charge in [-0.2, -0.15) is 10.1 Å². The van der Waals surface area contributed by atoms with E-state index in [-0.39, 0.29) is 11.1 Å². The van der Waals surface area contributed by atoms with Crippen LogP contribution in [0.15, 0.2) is 44.5 Å². The number of hydrogen-bond donors (Lipinski definition) is 3. The molecule has 0 unspecified atom stereocenters. The number of carbonyl (C=O) groups excluding carboxylic acids is 1. The zero-order valence-electron chi connectivity index (χ0n) is 12.3. The van der Waals surface area contributed by atoms with E-state index in [1.807, 2.05) is 4.98 Å². The molecule has 1 aliphatic rings. The Kier molecular flexibility index (Phi) is 3.82. The number of hydrogen-bond acceptors (Lipinski definition) is 5. The van der Waals surface area contributed by atoms with Gasteiger partial charge < -0.3 is 5.11 Å². The molecule has 24 heavy (non-hydrogen) atoms. The third-order valence-corrected chi connectivity index (χ3v) is 3.63. The molecule has 3 N–H and O–H groups in total. The fourth-order valence-electron chi connectivity index (χ4n) is 2.20. The standard InChI is InChI=1S/C15H11ClN4O4/c1-7-10(6-11-12(21)17-15(24)18-13(11)22)14(23)20(19-7)9-4-2-8(16)3-5-9/h2-6H,1H3,(H3,17,18,21,22,24)/b10-6+. The monoisotopic (exact) mass is 346 g/mol. The van der Waals surface area contributed by atoms with Gasteiger partial charge in [0, 0.05) is 5.02 Å². The largest absolute Gasteiger partial charge is 0.494 e. The summed E-state index contributed by atoms with van der Waals surface area (Å²) in [5, 5.41) is 15.5. The van der Waals surface area contributed by atoms with Gasteiger partial charge in [-0.1, -0.05) is 11.6 Å². The highest BCUT2D eigenvalue weighted by molar-refractivity contribution is 6.32. The van der Waals surface area contributed by atoms with Crippen molar-refractivity contribution >= 4 is 35.0 Å². The van der Waals surface area contributed by atoms with Crippen LogP contribution in [0, 0.1) is 0 Å². The first-order valence-corrected chi connectivity index (χ1v) is 7.17. The summed E-state index contributed by atoms with van der Waals surface area (Å²) in [6.07, 6.45) is 1.18. The second-order valence-corrected chi connectivity index (χ2v) is 5.44. The molecule has 0 saturated carbocycles. The van der Waals surface area contributed by atoms with Gasteiger partial charge in [0.15, 0.2) is 0 Å². The fourth-order valence-corrected chi connectivity index (χ4v) is 2.33. The number of halogens is 1. The van der Waals surface area contributed by atoms with E-state index in [1.165, 1.54) is 6.08 Å². The van der Waals surface area contributed by atoms with Crippen molar-refractivity contribution in [3.8, 4) is 5.88 Å². The van der Waals surface area contributed by atoms with Crippen LogP contribution in [0.2, 0.25) is 5.02 Å². The molecule has 1 amide bonds. The first kappa shape index (κ1) is 15.8. The Bertz CT molecular complexity index is 1000. The van der Waals surface area contributed by atoms with Gasteiger partial charge in [-0.25, -0.2) is 4.79 Å². The molecule has 9 heteroatoms. The summed E-state index contributed by atoms with van der Waals surface area (Å²) in [5.41, 5.74) is -0.894. The van der Waals surface area contributed by atoms with Gasteiger partial charge in [0.1, 0.15) is 5.56 Å². The average molecular weight is 347 g/mol. The van der Waals surface area contributed by atoms with E-state index in [0.29, 0.717) is 16.4 Å². The molecule has 122 valence electrons. The molecule has 0 aliphatic carbocycles. The lowest BCUT2D eigenvalue weighted by molar-refractivity contribution is -0.114. The number of rotatable bonds is 2. The Morgan fingerprint density at radius 1 is 1.17 bits per heavy atom. The van der Waals surface area contributed by atoms with Gasteiger partial charge in [0.2, 0.25) is 5.88 Å². The highest BCUT2D eigenvalue weighted by Crippen LogP contribution is 2.26. The number of nitrogens with zero attached hydrogens (tertiary/aromatic N) is 2. The van der Waals surface area contributed by atoms with Gasteiger partial charge in [-0.05, 0) is 37.3 Å². The van der Waals surface area contributed by atoms with Crippen molar-refractivity contribution in [2.75, 3.05) is 5.01 Å². The fraction of sp³-hybridized carbons (Fsp3) is 0.0667. The number of anilines is 1. The van der Waals surface area contributed by atoms with Gasteiger partial charge in [-0.15, -0.1) is 0 Å². The van der Waals surface area contributed by atoms with Gasteiger partial charge in [0.25, 0.3) is 11.5 Å². The zero-order valence-corrected chi connectivity index (χ0v) is 13.1. The number of aromatic nitrogens is 2. The number of hydrazone groups is 1. The van der Waals surface area contributed by atoms with Crippen LogP contribution in [0.25, 0.3) is 6.08 Å². The van der Waals surface area contributed by atoms with Crippen LogP contribution in [-0.4, -0.2) is 26.7 Å². The molecule has 0 spiro atoms. The summed E-state index contributed by atoms with van der Waals surface area (Å²) in [6.45, 7) is 1.59. The Hall–Kier alpha value is -3.13. The lowest BCUT2D eigenvalue weighted by Gasteiger charge is -2.11. The Balaban J connectivity index is 2.04. The molecule has 0 atom stereocenters. The molecule has 2 aromatic rings. The number of amides is 1. The smallest absolute Gasteiger partial charge is 0.328 e. The number of H-pyrrole nitrogens is 2. The average Bonchev–Trinajstić information content (AvgIpc) is 2.79. The predicted octanol–water partition coefficient (Wildman–Crippen LogP) is 1.23. The van der Waals surface area contributed by atoms with Gasteiger partial charge >= 0.3 is 5.69 Å². The molecule has 1 aromatic carbocycles. The molecule has 3 rings (SSSR count). The number of carbonyl (C=O) groups is 1. The van der Waals surface area contributed by atoms with E-state index in [1.54, 1.807) is 31.2 Å². The summed E-state index contributed by atoms with van der Waals surface area (Å²) >= 11 is 5.82. The number of aromatic amines is 2. The summed E-state index contributed by atoms with van der Waals surface area (Å²) in [5.74, 6) is -1.10. The Morgan fingerprint density at radius 3 is 2.46 bits per heavy atom. The van der Waals surface area contributed by atoms with Crippen LogP contribution in [0.4, 0.5) is 5.69 Å². The summed E-state index contributed by atoms with van der Waals surface area (Å²) in [7, 11) is 0. The lowest BCUT2D eigenvalue weighted by Crippen LogP contribution is -2.25. The van der Waals surface area contributed by atoms with Crippen LogP contribution < -0.4 is 16.3 Å². The molecular formula is C15H11ClN4O4. The van der Waals surface area contributed by atoms with Crippen LogP contribution in [-0.2, 0) is 4.79 Å².